The quantitative estimate of drug-likeness (QED) is 0.846. The minimum Gasteiger partial charge on any atom is -0.452 e. The van der Waals surface area contributed by atoms with Crippen molar-refractivity contribution in [1.29, 1.82) is 0 Å². The summed E-state index contributed by atoms with van der Waals surface area (Å²) in [5, 5.41) is 7.06. The molecule has 110 valence electrons. The summed E-state index contributed by atoms with van der Waals surface area (Å²) in [7, 11) is 0. The van der Waals surface area contributed by atoms with Gasteiger partial charge in [-0.25, -0.2) is 0 Å². The Labute approximate surface area is 122 Å². The van der Waals surface area contributed by atoms with Gasteiger partial charge in [0, 0.05) is 24.7 Å². The molecule has 0 atom stereocenters. The van der Waals surface area contributed by atoms with E-state index in [1.807, 2.05) is 16.9 Å². The Balaban J connectivity index is 1.84. The number of benzene rings is 1. The van der Waals surface area contributed by atoms with E-state index in [9.17, 15) is 4.79 Å². The van der Waals surface area contributed by atoms with Gasteiger partial charge in [-0.2, -0.15) is 5.10 Å². The average molecular weight is 286 g/mol. The molecular formula is C15H18N4O2. The van der Waals surface area contributed by atoms with Crippen molar-refractivity contribution in [2.75, 3.05) is 11.1 Å². The first kappa shape index (κ1) is 13.5. The molecule has 0 unspecified atom stereocenters. The molecule has 0 fully saturated rings. The van der Waals surface area contributed by atoms with Crippen LogP contribution in [0.15, 0.2) is 24.5 Å². The molecule has 2 heterocycles. The third-order valence-corrected chi connectivity index (χ3v) is 3.42. The third kappa shape index (κ3) is 2.84. The first-order valence-electron chi connectivity index (χ1n) is 7.08. The summed E-state index contributed by atoms with van der Waals surface area (Å²) in [6, 6.07) is 3.64. The van der Waals surface area contributed by atoms with E-state index in [-0.39, 0.29) is 5.91 Å². The summed E-state index contributed by atoms with van der Waals surface area (Å²) >= 11 is 0. The normalized spacial score (nSPS) is 13.7. The summed E-state index contributed by atoms with van der Waals surface area (Å²) in [6.45, 7) is 2.94. The van der Waals surface area contributed by atoms with Crippen LogP contribution in [0.1, 0.15) is 25.3 Å². The van der Waals surface area contributed by atoms with Crippen molar-refractivity contribution in [2.24, 2.45) is 0 Å². The number of nitrogen functional groups attached to an aromatic ring is 1. The zero-order chi connectivity index (χ0) is 14.8. The van der Waals surface area contributed by atoms with Gasteiger partial charge in [0.2, 0.25) is 5.91 Å². The molecule has 6 nitrogen and oxygen atoms in total. The summed E-state index contributed by atoms with van der Waals surface area (Å²) in [5.41, 5.74) is 8.41. The zero-order valence-corrected chi connectivity index (χ0v) is 11.9. The predicted molar refractivity (Wildman–Crippen MR) is 80.4 cm³/mol. The van der Waals surface area contributed by atoms with Gasteiger partial charge in [0.05, 0.1) is 18.1 Å². The monoisotopic (exact) mass is 286 g/mol. The van der Waals surface area contributed by atoms with Crippen LogP contribution in [-0.4, -0.2) is 15.7 Å². The highest BCUT2D eigenvalue weighted by Gasteiger charge is 2.17. The van der Waals surface area contributed by atoms with Crippen LogP contribution >= 0.6 is 0 Å². The number of hydrogen-bond acceptors (Lipinski definition) is 4. The molecule has 0 saturated heterocycles. The molecule has 3 N–H and O–H groups in total. The van der Waals surface area contributed by atoms with Crippen LogP contribution in [0.3, 0.4) is 0 Å². The minimum atomic E-state index is 0.0222. The molecule has 0 bridgehead atoms. The molecule has 2 aromatic rings. The highest BCUT2D eigenvalue weighted by atomic mass is 16.5. The van der Waals surface area contributed by atoms with E-state index in [4.69, 9.17) is 10.5 Å². The first-order chi connectivity index (χ1) is 10.2. The fourth-order valence-corrected chi connectivity index (χ4v) is 2.39. The number of hydrogen-bond donors (Lipinski definition) is 2. The maximum Gasteiger partial charge on any atom is 0.224 e. The molecule has 6 heteroatoms. The van der Waals surface area contributed by atoms with Gasteiger partial charge >= 0.3 is 0 Å². The highest BCUT2D eigenvalue weighted by Crippen LogP contribution is 2.35. The largest absolute Gasteiger partial charge is 0.452 e. The van der Waals surface area contributed by atoms with Gasteiger partial charge in [0.25, 0.3) is 0 Å². The lowest BCUT2D eigenvalue weighted by atomic mass is 10.0. The van der Waals surface area contributed by atoms with Crippen molar-refractivity contribution < 1.29 is 9.53 Å². The van der Waals surface area contributed by atoms with Gasteiger partial charge in [-0.05, 0) is 24.5 Å². The van der Waals surface area contributed by atoms with E-state index in [2.05, 4.69) is 17.3 Å². The standard InChI is InChI=1S/C15H18N4O2/c1-2-5-19-9-11(8-17-19)21-14-7-13-10(6-12(14)16)3-4-15(20)18-13/h6-9H,2-5,16H2,1H3,(H,18,20). The van der Waals surface area contributed by atoms with Gasteiger partial charge in [-0.1, -0.05) is 6.92 Å². The molecule has 21 heavy (non-hydrogen) atoms. The van der Waals surface area contributed by atoms with Crippen LogP contribution in [0.5, 0.6) is 11.5 Å². The predicted octanol–water partition coefficient (Wildman–Crippen LogP) is 2.55. The van der Waals surface area contributed by atoms with E-state index in [0.717, 1.165) is 24.2 Å². The Kier molecular flexibility index (Phi) is 3.51. The number of fused-ring (bicyclic) bond motifs is 1. The number of carbonyl (C=O) groups is 1. The van der Waals surface area contributed by atoms with Crippen LogP contribution in [0.4, 0.5) is 11.4 Å². The second-order valence-corrected chi connectivity index (χ2v) is 5.14. The van der Waals surface area contributed by atoms with Crippen molar-refractivity contribution in [3.63, 3.8) is 0 Å². The summed E-state index contributed by atoms with van der Waals surface area (Å²) in [6.07, 6.45) is 5.71. The molecular weight excluding hydrogens is 268 g/mol. The Hall–Kier alpha value is -2.50. The van der Waals surface area contributed by atoms with Crippen molar-refractivity contribution in [1.82, 2.24) is 9.78 Å². The number of aryl methyl sites for hydroxylation is 2. The van der Waals surface area contributed by atoms with E-state index >= 15 is 0 Å². The van der Waals surface area contributed by atoms with Crippen LogP contribution in [0.2, 0.25) is 0 Å². The molecule has 0 saturated carbocycles. The van der Waals surface area contributed by atoms with E-state index in [0.29, 0.717) is 30.0 Å². The first-order valence-corrected chi connectivity index (χ1v) is 7.08. The summed E-state index contributed by atoms with van der Waals surface area (Å²) in [4.78, 5) is 11.5. The number of aromatic nitrogens is 2. The van der Waals surface area contributed by atoms with Crippen LogP contribution in [-0.2, 0) is 17.8 Å². The molecule has 0 spiro atoms. The molecule has 1 aliphatic heterocycles. The van der Waals surface area contributed by atoms with Gasteiger partial charge in [0.15, 0.2) is 11.5 Å². The number of amides is 1. The Morgan fingerprint density at radius 1 is 1.43 bits per heavy atom. The lowest BCUT2D eigenvalue weighted by Gasteiger charge is -2.18. The van der Waals surface area contributed by atoms with E-state index in [1.165, 1.54) is 0 Å². The number of carbonyl (C=O) groups excluding carboxylic acids is 1. The van der Waals surface area contributed by atoms with Crippen molar-refractivity contribution in [2.45, 2.75) is 32.7 Å². The maximum absolute atomic E-state index is 11.5. The van der Waals surface area contributed by atoms with Gasteiger partial charge in [-0.15, -0.1) is 0 Å². The Morgan fingerprint density at radius 3 is 3.10 bits per heavy atom. The van der Waals surface area contributed by atoms with Crippen LogP contribution in [0, 0.1) is 0 Å². The number of nitrogens with one attached hydrogen (secondary N) is 1. The molecule has 1 aromatic heterocycles. The fourth-order valence-electron chi connectivity index (χ4n) is 2.39. The molecule has 0 radical (unpaired) electrons. The van der Waals surface area contributed by atoms with Crippen molar-refractivity contribution in [3.05, 3.63) is 30.1 Å². The van der Waals surface area contributed by atoms with E-state index in [1.54, 1.807) is 12.3 Å². The lowest BCUT2D eigenvalue weighted by Crippen LogP contribution is -2.19. The topological polar surface area (TPSA) is 82.2 Å². The lowest BCUT2D eigenvalue weighted by molar-refractivity contribution is -0.116. The minimum absolute atomic E-state index is 0.0222. The van der Waals surface area contributed by atoms with Gasteiger partial charge < -0.3 is 15.8 Å². The molecule has 1 aromatic carbocycles. The summed E-state index contributed by atoms with van der Waals surface area (Å²) in [5.74, 6) is 1.19. The molecule has 1 aliphatic rings. The second-order valence-electron chi connectivity index (χ2n) is 5.14. The number of anilines is 2. The fraction of sp³-hybridized carbons (Fsp3) is 0.333. The molecule has 1 amide bonds. The van der Waals surface area contributed by atoms with Gasteiger partial charge in [0.1, 0.15) is 0 Å². The van der Waals surface area contributed by atoms with Crippen LogP contribution < -0.4 is 15.8 Å². The Morgan fingerprint density at radius 2 is 2.29 bits per heavy atom. The second kappa shape index (κ2) is 5.47. The van der Waals surface area contributed by atoms with E-state index < -0.39 is 0 Å². The number of ether oxygens (including phenoxy) is 1. The molecule has 3 rings (SSSR count). The Bertz CT molecular complexity index is 678. The third-order valence-electron chi connectivity index (χ3n) is 3.42. The summed E-state index contributed by atoms with van der Waals surface area (Å²) < 4.78 is 7.60. The highest BCUT2D eigenvalue weighted by molar-refractivity contribution is 5.94. The average Bonchev–Trinajstić information content (AvgIpc) is 2.88. The molecule has 0 aliphatic carbocycles. The smallest absolute Gasteiger partial charge is 0.224 e. The van der Waals surface area contributed by atoms with Crippen LogP contribution in [0.25, 0.3) is 0 Å². The maximum atomic E-state index is 11.5. The van der Waals surface area contributed by atoms with Gasteiger partial charge in [-0.3, -0.25) is 9.48 Å². The number of nitrogens with zero attached hydrogens (tertiary/aromatic N) is 2. The number of rotatable bonds is 4. The van der Waals surface area contributed by atoms with Crippen molar-refractivity contribution >= 4 is 17.3 Å². The number of nitrogens with two attached hydrogens (primary N) is 1. The van der Waals surface area contributed by atoms with Crippen molar-refractivity contribution in [3.8, 4) is 11.5 Å². The SMILES string of the molecule is CCCn1cc(Oc2cc3c(cc2N)CCC(=O)N3)cn1. The zero-order valence-electron chi connectivity index (χ0n) is 11.9.